The van der Waals surface area contributed by atoms with Gasteiger partial charge in [-0.2, -0.15) is 0 Å². The van der Waals surface area contributed by atoms with Crippen molar-refractivity contribution >= 4 is 21.9 Å². The van der Waals surface area contributed by atoms with Gasteiger partial charge in [-0.25, -0.2) is 13.6 Å². The molecule has 0 aliphatic heterocycles. The third kappa shape index (κ3) is 4.74. The molecule has 5 aliphatic carbocycles. The first-order valence-corrected chi connectivity index (χ1v) is 18.8. The van der Waals surface area contributed by atoms with Crippen molar-refractivity contribution in [1.29, 1.82) is 0 Å². The predicted molar refractivity (Wildman–Crippen MR) is 176 cm³/mol. The van der Waals surface area contributed by atoms with Gasteiger partial charge in [-0.1, -0.05) is 71.9 Å². The summed E-state index contributed by atoms with van der Waals surface area (Å²) in [6.07, 6.45) is 15.0. The third-order valence-corrected chi connectivity index (χ3v) is 15.7. The van der Waals surface area contributed by atoms with Crippen LogP contribution in [0.2, 0.25) is 0 Å². The van der Waals surface area contributed by atoms with Crippen molar-refractivity contribution in [3.8, 4) is 0 Å². The standard InChI is InChI=1S/C37H56N2O3S/c1-25-13-18-37(24-39-21-22-43(38,41)42)20-19-35(5)29(32(25)37)11-12-31-34(4)16-14-28(27-9-7-26(23-40)8-10-27)33(2,3)30(34)15-17-36(31,35)6/h7-10,14,23,25,29-32,39H,11-13,15-22,24H2,1-6H3,(H2,38,41,42)/t25-,29-,30+,31-,32-,34+,35-,36-,37-/m1/s1. The van der Waals surface area contributed by atoms with Crippen molar-refractivity contribution in [2.24, 2.45) is 61.8 Å². The monoisotopic (exact) mass is 608 g/mol. The van der Waals surface area contributed by atoms with Crippen LogP contribution in [0.1, 0.15) is 115 Å². The molecule has 43 heavy (non-hydrogen) atoms. The number of hydrogen-bond acceptors (Lipinski definition) is 4. The lowest BCUT2D eigenvalue weighted by Gasteiger charge is -2.72. The molecule has 0 unspecified atom stereocenters. The Balaban J connectivity index is 1.28. The molecule has 1 aromatic carbocycles. The van der Waals surface area contributed by atoms with E-state index in [-0.39, 0.29) is 22.0 Å². The fourth-order valence-electron chi connectivity index (χ4n) is 12.8. The number of hydrogen-bond donors (Lipinski definition) is 2. The van der Waals surface area contributed by atoms with E-state index in [1.54, 1.807) is 0 Å². The number of sulfonamides is 1. The molecule has 3 N–H and O–H groups in total. The number of carbonyl (C=O) groups excluding carboxylic acids is 1. The van der Waals surface area contributed by atoms with Crippen LogP contribution >= 0.6 is 0 Å². The molecule has 0 radical (unpaired) electrons. The van der Waals surface area contributed by atoms with Crippen molar-refractivity contribution in [1.82, 2.24) is 5.32 Å². The topological polar surface area (TPSA) is 89.3 Å². The highest BCUT2D eigenvalue weighted by atomic mass is 32.2. The van der Waals surface area contributed by atoms with Gasteiger partial charge in [0.2, 0.25) is 10.0 Å². The second-order valence-electron chi connectivity index (χ2n) is 16.9. The van der Waals surface area contributed by atoms with Gasteiger partial charge in [0, 0.05) is 18.7 Å². The lowest BCUT2D eigenvalue weighted by atomic mass is 9.32. The molecule has 6 heteroatoms. The summed E-state index contributed by atoms with van der Waals surface area (Å²) in [5.41, 5.74) is 4.79. The lowest BCUT2D eigenvalue weighted by Crippen LogP contribution is -2.65. The summed E-state index contributed by atoms with van der Waals surface area (Å²) in [5.74, 6) is 3.54. The SMILES string of the molecule is C[C@@H]1CC[C@]2(CNCCS(N)(=O)=O)CC[C@]3(C)[C@H](CC[C@@H]4[C@@]5(C)CC=C(c6ccc(C=O)cc6)C(C)(C)[C@@H]5CC[C@]43C)[C@@H]12. The van der Waals surface area contributed by atoms with Gasteiger partial charge >= 0.3 is 0 Å². The number of primary sulfonamides is 1. The van der Waals surface area contributed by atoms with Crippen LogP contribution in [0.5, 0.6) is 0 Å². The van der Waals surface area contributed by atoms with Gasteiger partial charge in [-0.3, -0.25) is 4.79 Å². The van der Waals surface area contributed by atoms with Crippen LogP contribution in [0.3, 0.4) is 0 Å². The van der Waals surface area contributed by atoms with E-state index in [0.29, 0.717) is 35.1 Å². The minimum absolute atomic E-state index is 0.0144. The Hall–Kier alpha value is -1.50. The minimum Gasteiger partial charge on any atom is -0.315 e. The zero-order valence-corrected chi connectivity index (χ0v) is 28.4. The van der Waals surface area contributed by atoms with Crippen LogP contribution in [0.15, 0.2) is 30.3 Å². The van der Waals surface area contributed by atoms with E-state index >= 15 is 0 Å². The Morgan fingerprint density at radius 3 is 2.30 bits per heavy atom. The van der Waals surface area contributed by atoms with E-state index in [2.05, 4.69) is 65.1 Å². The zero-order valence-electron chi connectivity index (χ0n) is 27.5. The summed E-state index contributed by atoms with van der Waals surface area (Å²) in [6, 6.07) is 8.24. The number of aldehydes is 1. The average molecular weight is 609 g/mol. The number of fused-ring (bicyclic) bond motifs is 7. The highest BCUT2D eigenvalue weighted by Gasteiger charge is 2.70. The molecular formula is C37H56N2O3S. The zero-order chi connectivity index (χ0) is 31.1. The number of rotatable bonds is 7. The van der Waals surface area contributed by atoms with Crippen LogP contribution in [0.25, 0.3) is 5.57 Å². The van der Waals surface area contributed by atoms with Crippen molar-refractivity contribution < 1.29 is 13.2 Å². The molecule has 0 saturated heterocycles. The van der Waals surface area contributed by atoms with E-state index in [4.69, 9.17) is 5.14 Å². The Morgan fingerprint density at radius 1 is 0.907 bits per heavy atom. The van der Waals surface area contributed by atoms with Gasteiger partial charge in [0.15, 0.2) is 0 Å². The molecule has 4 fully saturated rings. The van der Waals surface area contributed by atoms with Crippen LogP contribution in [0.4, 0.5) is 0 Å². The van der Waals surface area contributed by atoms with Crippen molar-refractivity contribution in [2.45, 2.75) is 99.3 Å². The maximum absolute atomic E-state index is 11.6. The predicted octanol–water partition coefficient (Wildman–Crippen LogP) is 7.47. The molecule has 0 spiro atoms. The number of nitrogens with two attached hydrogens (primary N) is 1. The molecule has 0 amide bonds. The van der Waals surface area contributed by atoms with Gasteiger partial charge in [0.25, 0.3) is 0 Å². The highest BCUT2D eigenvalue weighted by molar-refractivity contribution is 7.89. The quantitative estimate of drug-likeness (QED) is 0.248. The normalized spacial score (nSPS) is 43.5. The summed E-state index contributed by atoms with van der Waals surface area (Å²) < 4.78 is 23.1. The Morgan fingerprint density at radius 2 is 1.63 bits per heavy atom. The second-order valence-corrected chi connectivity index (χ2v) is 18.6. The molecule has 4 saturated carbocycles. The van der Waals surface area contributed by atoms with Crippen LogP contribution in [0, 0.1) is 56.7 Å². The van der Waals surface area contributed by atoms with Gasteiger partial charge in [0.05, 0.1) is 5.75 Å². The summed E-state index contributed by atoms with van der Waals surface area (Å²) >= 11 is 0. The van der Waals surface area contributed by atoms with E-state index in [1.165, 1.54) is 62.5 Å². The summed E-state index contributed by atoms with van der Waals surface area (Å²) in [4.78, 5) is 11.3. The molecular weight excluding hydrogens is 552 g/mol. The molecule has 5 aliphatic rings. The van der Waals surface area contributed by atoms with E-state index in [0.717, 1.165) is 36.7 Å². The first-order valence-electron chi connectivity index (χ1n) is 17.1. The number of benzene rings is 1. The Bertz CT molecular complexity index is 1380. The first kappa shape index (κ1) is 31.5. The minimum atomic E-state index is -3.44. The van der Waals surface area contributed by atoms with Gasteiger partial charge in [0.1, 0.15) is 6.29 Å². The van der Waals surface area contributed by atoms with Gasteiger partial charge in [-0.15, -0.1) is 0 Å². The Labute approximate surface area is 261 Å². The van der Waals surface area contributed by atoms with Crippen molar-refractivity contribution in [2.75, 3.05) is 18.8 Å². The van der Waals surface area contributed by atoms with Gasteiger partial charge in [-0.05, 0) is 126 Å². The smallest absolute Gasteiger partial charge is 0.210 e. The molecule has 238 valence electrons. The molecule has 0 bridgehead atoms. The maximum atomic E-state index is 11.6. The van der Waals surface area contributed by atoms with E-state index in [1.807, 2.05) is 12.1 Å². The van der Waals surface area contributed by atoms with E-state index in [9.17, 15) is 13.2 Å². The Kier molecular flexibility index (Phi) is 7.70. The molecule has 1 aromatic rings. The summed E-state index contributed by atoms with van der Waals surface area (Å²) in [7, 11) is -3.44. The van der Waals surface area contributed by atoms with Crippen molar-refractivity contribution in [3.63, 3.8) is 0 Å². The molecule has 6 rings (SSSR count). The second kappa shape index (κ2) is 10.5. The summed E-state index contributed by atoms with van der Waals surface area (Å²) in [5, 5.41) is 8.86. The first-order chi connectivity index (χ1) is 20.1. The molecule has 0 heterocycles. The van der Waals surface area contributed by atoms with Crippen LogP contribution in [-0.4, -0.2) is 33.5 Å². The summed E-state index contributed by atoms with van der Waals surface area (Å²) in [6.45, 7) is 16.9. The maximum Gasteiger partial charge on any atom is 0.210 e. The average Bonchev–Trinajstić information content (AvgIpc) is 3.27. The number of allylic oxidation sites excluding steroid dienone is 2. The number of carbonyl (C=O) groups is 1. The van der Waals surface area contributed by atoms with Gasteiger partial charge < -0.3 is 5.32 Å². The van der Waals surface area contributed by atoms with Crippen molar-refractivity contribution in [3.05, 3.63) is 41.5 Å². The van der Waals surface area contributed by atoms with Crippen LogP contribution < -0.4 is 10.5 Å². The van der Waals surface area contributed by atoms with Crippen LogP contribution in [-0.2, 0) is 10.0 Å². The molecule has 0 aromatic heterocycles. The lowest BCUT2D eigenvalue weighted by molar-refractivity contribution is -0.225. The third-order valence-electron chi connectivity index (χ3n) is 14.9. The number of nitrogens with one attached hydrogen (secondary N) is 1. The largest absolute Gasteiger partial charge is 0.315 e. The highest BCUT2D eigenvalue weighted by Crippen LogP contribution is 2.77. The van der Waals surface area contributed by atoms with E-state index < -0.39 is 10.0 Å². The fourth-order valence-corrected chi connectivity index (χ4v) is 13.2. The fraction of sp³-hybridized carbons (Fsp3) is 0.757. The molecule has 5 nitrogen and oxygen atoms in total. The molecule has 9 atom stereocenters.